The van der Waals surface area contributed by atoms with Crippen LogP contribution < -0.4 is 10.1 Å². The zero-order valence-electron chi connectivity index (χ0n) is 9.18. The number of rotatable bonds is 4. The van der Waals surface area contributed by atoms with Crippen LogP contribution in [-0.4, -0.2) is 12.0 Å². The molecule has 0 aliphatic carbocycles. The second kappa shape index (κ2) is 5.16. The molecule has 16 heavy (non-hydrogen) atoms. The van der Waals surface area contributed by atoms with Gasteiger partial charge in [-0.2, -0.15) is 0 Å². The van der Waals surface area contributed by atoms with Crippen LogP contribution in [0.15, 0.2) is 48.7 Å². The third-order valence-corrected chi connectivity index (χ3v) is 2.24. The SMILES string of the molecule is CNc1ccc(OCc2ccccc2)cn1. The van der Waals surface area contributed by atoms with E-state index in [2.05, 4.69) is 10.3 Å². The molecule has 1 N–H and O–H groups in total. The molecular weight excluding hydrogens is 200 g/mol. The fourth-order valence-corrected chi connectivity index (χ4v) is 1.35. The molecule has 1 heterocycles. The number of hydrogen-bond donors (Lipinski definition) is 1. The number of ether oxygens (including phenoxy) is 1. The van der Waals surface area contributed by atoms with Crippen molar-refractivity contribution in [1.82, 2.24) is 4.98 Å². The van der Waals surface area contributed by atoms with E-state index < -0.39 is 0 Å². The Morgan fingerprint density at radius 2 is 1.94 bits per heavy atom. The molecule has 0 amide bonds. The number of anilines is 1. The number of nitrogens with zero attached hydrogens (tertiary/aromatic N) is 1. The number of nitrogens with one attached hydrogen (secondary N) is 1. The molecule has 0 atom stereocenters. The fraction of sp³-hybridized carbons (Fsp3) is 0.154. The summed E-state index contributed by atoms with van der Waals surface area (Å²) in [5.41, 5.74) is 1.15. The van der Waals surface area contributed by atoms with E-state index in [1.54, 1.807) is 6.20 Å². The van der Waals surface area contributed by atoms with E-state index in [1.807, 2.05) is 49.5 Å². The second-order valence-electron chi connectivity index (χ2n) is 3.40. The Hall–Kier alpha value is -2.03. The van der Waals surface area contributed by atoms with Gasteiger partial charge in [-0.25, -0.2) is 4.98 Å². The van der Waals surface area contributed by atoms with E-state index in [-0.39, 0.29) is 0 Å². The monoisotopic (exact) mass is 214 g/mol. The van der Waals surface area contributed by atoms with Crippen molar-refractivity contribution in [2.45, 2.75) is 6.61 Å². The molecule has 1 aromatic carbocycles. The second-order valence-corrected chi connectivity index (χ2v) is 3.40. The van der Waals surface area contributed by atoms with Gasteiger partial charge in [0.15, 0.2) is 0 Å². The van der Waals surface area contributed by atoms with Crippen molar-refractivity contribution in [3.05, 3.63) is 54.2 Å². The van der Waals surface area contributed by atoms with Crippen molar-refractivity contribution < 1.29 is 4.74 Å². The van der Waals surface area contributed by atoms with Gasteiger partial charge in [-0.1, -0.05) is 30.3 Å². The summed E-state index contributed by atoms with van der Waals surface area (Å²) >= 11 is 0. The number of hydrogen-bond acceptors (Lipinski definition) is 3. The summed E-state index contributed by atoms with van der Waals surface area (Å²) in [5, 5.41) is 2.96. The van der Waals surface area contributed by atoms with Crippen molar-refractivity contribution in [2.75, 3.05) is 12.4 Å². The highest BCUT2D eigenvalue weighted by atomic mass is 16.5. The minimum atomic E-state index is 0.571. The fourth-order valence-electron chi connectivity index (χ4n) is 1.35. The third-order valence-electron chi connectivity index (χ3n) is 2.24. The lowest BCUT2D eigenvalue weighted by atomic mass is 10.2. The molecule has 1 aromatic heterocycles. The van der Waals surface area contributed by atoms with Crippen LogP contribution >= 0.6 is 0 Å². The lowest BCUT2D eigenvalue weighted by molar-refractivity contribution is 0.305. The van der Waals surface area contributed by atoms with Crippen LogP contribution in [0.3, 0.4) is 0 Å². The molecule has 0 saturated carbocycles. The Balaban J connectivity index is 1.94. The van der Waals surface area contributed by atoms with Gasteiger partial charge in [-0.05, 0) is 17.7 Å². The van der Waals surface area contributed by atoms with E-state index in [0.717, 1.165) is 17.1 Å². The van der Waals surface area contributed by atoms with Crippen molar-refractivity contribution in [3.8, 4) is 5.75 Å². The highest BCUT2D eigenvalue weighted by Crippen LogP contribution is 2.13. The summed E-state index contributed by atoms with van der Waals surface area (Å²) in [7, 11) is 1.84. The third kappa shape index (κ3) is 2.73. The van der Waals surface area contributed by atoms with E-state index in [1.165, 1.54) is 0 Å². The topological polar surface area (TPSA) is 34.1 Å². The molecule has 0 aliphatic heterocycles. The van der Waals surface area contributed by atoms with E-state index in [0.29, 0.717) is 6.61 Å². The van der Waals surface area contributed by atoms with Crippen LogP contribution in [-0.2, 0) is 6.61 Å². The van der Waals surface area contributed by atoms with Crippen molar-refractivity contribution >= 4 is 5.82 Å². The highest BCUT2D eigenvalue weighted by molar-refractivity contribution is 5.36. The normalized spacial score (nSPS) is 9.81. The van der Waals surface area contributed by atoms with Gasteiger partial charge in [0.1, 0.15) is 18.2 Å². The van der Waals surface area contributed by atoms with Gasteiger partial charge in [0.05, 0.1) is 6.20 Å². The lowest BCUT2D eigenvalue weighted by Crippen LogP contribution is -1.96. The molecule has 2 aromatic rings. The molecule has 2 rings (SSSR count). The summed E-state index contributed by atoms with van der Waals surface area (Å²) < 4.78 is 5.60. The summed E-state index contributed by atoms with van der Waals surface area (Å²) in [4.78, 5) is 4.17. The zero-order valence-corrected chi connectivity index (χ0v) is 9.18. The maximum absolute atomic E-state index is 5.60. The van der Waals surface area contributed by atoms with Gasteiger partial charge in [-0.15, -0.1) is 0 Å². The molecule has 0 spiro atoms. The minimum Gasteiger partial charge on any atom is -0.487 e. The van der Waals surface area contributed by atoms with Gasteiger partial charge in [-0.3, -0.25) is 0 Å². The van der Waals surface area contributed by atoms with E-state index >= 15 is 0 Å². The maximum Gasteiger partial charge on any atom is 0.138 e. The van der Waals surface area contributed by atoms with Crippen molar-refractivity contribution in [3.63, 3.8) is 0 Å². The Morgan fingerprint density at radius 3 is 2.56 bits per heavy atom. The Morgan fingerprint density at radius 1 is 1.12 bits per heavy atom. The van der Waals surface area contributed by atoms with Crippen LogP contribution in [0.1, 0.15) is 5.56 Å². The van der Waals surface area contributed by atoms with Crippen LogP contribution in [0.4, 0.5) is 5.82 Å². The number of benzene rings is 1. The lowest BCUT2D eigenvalue weighted by Gasteiger charge is -2.06. The van der Waals surface area contributed by atoms with Gasteiger partial charge < -0.3 is 10.1 Å². The van der Waals surface area contributed by atoms with Gasteiger partial charge in [0.2, 0.25) is 0 Å². The van der Waals surface area contributed by atoms with Crippen LogP contribution in [0.5, 0.6) is 5.75 Å². The molecule has 3 heteroatoms. The first-order valence-corrected chi connectivity index (χ1v) is 5.19. The molecule has 0 aliphatic rings. The zero-order chi connectivity index (χ0) is 11.2. The van der Waals surface area contributed by atoms with Gasteiger partial charge in [0, 0.05) is 7.05 Å². The molecule has 0 fully saturated rings. The highest BCUT2D eigenvalue weighted by Gasteiger charge is 1.96. The molecule has 0 unspecified atom stereocenters. The quantitative estimate of drug-likeness (QED) is 0.849. The van der Waals surface area contributed by atoms with Gasteiger partial charge >= 0.3 is 0 Å². The predicted octanol–water partition coefficient (Wildman–Crippen LogP) is 2.70. The Kier molecular flexibility index (Phi) is 3.38. The molecular formula is C13H14N2O. The first-order chi connectivity index (χ1) is 7.88. The summed E-state index contributed by atoms with van der Waals surface area (Å²) in [6, 6.07) is 13.9. The van der Waals surface area contributed by atoms with Gasteiger partial charge in [0.25, 0.3) is 0 Å². The first-order valence-electron chi connectivity index (χ1n) is 5.19. The minimum absolute atomic E-state index is 0.571. The standard InChI is InChI=1S/C13H14N2O/c1-14-13-8-7-12(9-15-13)16-10-11-5-3-2-4-6-11/h2-9H,10H2,1H3,(H,14,15). The van der Waals surface area contributed by atoms with Crippen molar-refractivity contribution in [2.24, 2.45) is 0 Å². The molecule has 0 bridgehead atoms. The van der Waals surface area contributed by atoms with E-state index in [9.17, 15) is 0 Å². The predicted molar refractivity (Wildman–Crippen MR) is 64.6 cm³/mol. The van der Waals surface area contributed by atoms with Crippen molar-refractivity contribution in [1.29, 1.82) is 0 Å². The van der Waals surface area contributed by atoms with Crippen LogP contribution in [0, 0.1) is 0 Å². The van der Waals surface area contributed by atoms with Crippen LogP contribution in [0.2, 0.25) is 0 Å². The first kappa shape index (κ1) is 10.5. The smallest absolute Gasteiger partial charge is 0.138 e. The van der Waals surface area contributed by atoms with E-state index in [4.69, 9.17) is 4.74 Å². The summed E-state index contributed by atoms with van der Waals surface area (Å²) in [6.07, 6.45) is 1.72. The number of pyridine rings is 1. The Bertz CT molecular complexity index is 425. The average Bonchev–Trinajstić information content (AvgIpc) is 2.38. The Labute approximate surface area is 95.1 Å². The average molecular weight is 214 g/mol. The maximum atomic E-state index is 5.60. The summed E-state index contributed by atoms with van der Waals surface area (Å²) in [5.74, 6) is 1.62. The molecule has 82 valence electrons. The molecule has 0 radical (unpaired) electrons. The number of aromatic nitrogens is 1. The molecule has 0 saturated heterocycles. The largest absolute Gasteiger partial charge is 0.487 e. The van der Waals surface area contributed by atoms with Crippen LogP contribution in [0.25, 0.3) is 0 Å². The molecule has 3 nitrogen and oxygen atoms in total. The summed E-state index contributed by atoms with van der Waals surface area (Å²) in [6.45, 7) is 0.571.